The summed E-state index contributed by atoms with van der Waals surface area (Å²) >= 11 is 0. The number of aliphatic hydroxyl groups is 1. The maximum absolute atomic E-state index is 15.4. The van der Waals surface area contributed by atoms with Gasteiger partial charge in [-0.05, 0) is 73.7 Å². The van der Waals surface area contributed by atoms with Crippen LogP contribution < -0.4 is 20.3 Å². The Labute approximate surface area is 371 Å². The smallest absolute Gasteiger partial charge is 0.322 e. The van der Waals surface area contributed by atoms with E-state index in [4.69, 9.17) is 14.2 Å². The predicted octanol–water partition coefficient (Wildman–Crippen LogP) is 5.58. The van der Waals surface area contributed by atoms with E-state index < -0.39 is 46.0 Å². The number of esters is 2. The number of anilines is 1. The van der Waals surface area contributed by atoms with E-state index in [-0.39, 0.29) is 30.4 Å². The summed E-state index contributed by atoms with van der Waals surface area (Å²) in [7, 11) is 5.14. The van der Waals surface area contributed by atoms with Crippen molar-refractivity contribution in [3.05, 3.63) is 82.6 Å². The van der Waals surface area contributed by atoms with E-state index in [2.05, 4.69) is 92.7 Å². The average molecular weight is 863 g/mol. The summed E-state index contributed by atoms with van der Waals surface area (Å²) in [5, 5.41) is 20.9. The molecule has 1 unspecified atom stereocenters. The lowest BCUT2D eigenvalue weighted by molar-refractivity contribution is -0.216. The van der Waals surface area contributed by atoms with Crippen molar-refractivity contribution in [2.75, 3.05) is 72.0 Å². The lowest BCUT2D eigenvalue weighted by Crippen LogP contribution is -2.81. The molecule has 1 spiro atoms. The quantitative estimate of drug-likeness (QED) is 0.151. The summed E-state index contributed by atoms with van der Waals surface area (Å²) in [6, 6.07) is 11.3. The van der Waals surface area contributed by atoms with Gasteiger partial charge in [0.15, 0.2) is 0 Å². The first-order chi connectivity index (χ1) is 30.2. The molecule has 13 nitrogen and oxygen atoms in total. The summed E-state index contributed by atoms with van der Waals surface area (Å²) < 4.78 is 18.9. The number of urea groups is 1. The molecule has 9 atom stereocenters. The number of aromatic amines is 1. The van der Waals surface area contributed by atoms with Crippen molar-refractivity contribution in [1.82, 2.24) is 25.4 Å². The first kappa shape index (κ1) is 43.4. The van der Waals surface area contributed by atoms with Crippen molar-refractivity contribution in [2.24, 2.45) is 17.3 Å². The Morgan fingerprint density at radius 3 is 2.56 bits per heavy atom. The molecule has 6 heterocycles. The zero-order valence-electron chi connectivity index (χ0n) is 38.3. The van der Waals surface area contributed by atoms with E-state index in [9.17, 15) is 14.7 Å². The standard InChI is InChI=1S/C50H66N6O7/c1-9-32-22-33-25-49(45(58)62-8,41-35(16-20-55(27-32)28-33)34-14-11-12-15-38(34)53-41)37-23-36-39(24-40(37)61-7)54(6)43-48(36)18-21-56-19-13-17-47(10-2,42(48)56)44(63-31(5)57)50(43,60)29-52-46(59)51-26-30(3)4/h11-15,17,22-24,30,33,42-44,53,60H,9-10,16,18-21,25-29H2,1-8H3,(H2,51,52,59)/t33-,42-,43+,44+,47+,48+,49-,50+/m0/s1. The van der Waals surface area contributed by atoms with E-state index in [1.807, 2.05) is 27.0 Å². The number of aromatic nitrogens is 1. The summed E-state index contributed by atoms with van der Waals surface area (Å²) in [5.41, 5.74) is 2.18. The van der Waals surface area contributed by atoms with Gasteiger partial charge < -0.3 is 39.8 Å². The minimum Gasteiger partial charge on any atom is -0.496 e. The fourth-order valence-electron chi connectivity index (χ4n) is 13.6. The third kappa shape index (κ3) is 6.37. The van der Waals surface area contributed by atoms with E-state index in [1.165, 1.54) is 19.6 Å². The van der Waals surface area contributed by atoms with Crippen molar-refractivity contribution < 1.29 is 33.7 Å². The van der Waals surface area contributed by atoms with Gasteiger partial charge in [0, 0.05) is 97.5 Å². The van der Waals surface area contributed by atoms with Crippen LogP contribution in [0.15, 0.2) is 60.2 Å². The fraction of sp³-hybridized carbons (Fsp3) is 0.580. The predicted molar refractivity (Wildman–Crippen MR) is 243 cm³/mol. The Bertz CT molecular complexity index is 2370. The van der Waals surface area contributed by atoms with Crippen molar-refractivity contribution >= 4 is 34.6 Å². The minimum atomic E-state index is -1.78. The number of carbonyl (C=O) groups excluding carboxylic acids is 3. The molecular weight excluding hydrogens is 797 g/mol. The Kier molecular flexibility index (Phi) is 11.0. The Balaban J connectivity index is 1.32. The number of hydrogen-bond donors (Lipinski definition) is 4. The van der Waals surface area contributed by atoms with Crippen LogP contribution in [-0.4, -0.2) is 129 Å². The number of carbonyl (C=O) groups is 3. The molecule has 1 aliphatic carbocycles. The van der Waals surface area contributed by atoms with Crippen molar-refractivity contribution in [2.45, 2.75) is 101 Å². The van der Waals surface area contributed by atoms with Gasteiger partial charge in [-0.3, -0.25) is 19.4 Å². The number of rotatable bonds is 10. The zero-order valence-corrected chi connectivity index (χ0v) is 38.3. The number of ether oxygens (including phenoxy) is 3. The second-order valence-electron chi connectivity index (χ2n) is 19.6. The number of para-hydroxylation sites is 1. The van der Waals surface area contributed by atoms with Crippen LogP contribution in [0.25, 0.3) is 10.9 Å². The minimum absolute atomic E-state index is 0.0343. The number of nitrogens with one attached hydrogen (secondary N) is 3. The van der Waals surface area contributed by atoms with Gasteiger partial charge in [0.25, 0.3) is 0 Å². The van der Waals surface area contributed by atoms with Gasteiger partial charge in [-0.25, -0.2) is 4.79 Å². The average Bonchev–Trinajstić information content (AvgIpc) is 3.94. The number of likely N-dealkylation sites (N-methyl/N-ethyl adjacent to an activating group) is 1. The van der Waals surface area contributed by atoms with Crippen LogP contribution in [0.2, 0.25) is 0 Å². The van der Waals surface area contributed by atoms with Gasteiger partial charge in [-0.1, -0.05) is 69.7 Å². The van der Waals surface area contributed by atoms with Crippen molar-refractivity contribution in [3.8, 4) is 5.75 Å². The Hall–Kier alpha value is -4.85. The summed E-state index contributed by atoms with van der Waals surface area (Å²) in [5.74, 6) is -0.0492. The highest BCUT2D eigenvalue weighted by Crippen LogP contribution is 2.68. The number of hydrogen-bond acceptors (Lipinski definition) is 10. The largest absolute Gasteiger partial charge is 0.496 e. The molecule has 1 saturated heterocycles. The van der Waals surface area contributed by atoms with Gasteiger partial charge in [0.1, 0.15) is 22.9 Å². The molecule has 2 aromatic carbocycles. The molecule has 63 heavy (non-hydrogen) atoms. The van der Waals surface area contributed by atoms with Crippen LogP contribution in [-0.2, 0) is 36.3 Å². The Morgan fingerprint density at radius 1 is 1.05 bits per heavy atom. The van der Waals surface area contributed by atoms with Gasteiger partial charge in [0.2, 0.25) is 0 Å². The fourth-order valence-corrected chi connectivity index (χ4v) is 13.6. The molecule has 2 bridgehead atoms. The number of fused-ring (bicyclic) bond motifs is 6. The van der Waals surface area contributed by atoms with E-state index in [0.717, 1.165) is 78.0 Å². The highest BCUT2D eigenvalue weighted by atomic mass is 16.6. The number of methoxy groups -OCH3 is 2. The molecule has 0 radical (unpaired) electrons. The molecule has 2 amide bonds. The van der Waals surface area contributed by atoms with E-state index in [0.29, 0.717) is 38.1 Å². The molecular formula is C50H66N6O7. The van der Waals surface area contributed by atoms with Crippen LogP contribution in [0, 0.1) is 17.3 Å². The molecule has 5 aliphatic heterocycles. The van der Waals surface area contributed by atoms with Crippen LogP contribution in [0.5, 0.6) is 5.75 Å². The topological polar surface area (TPSA) is 149 Å². The van der Waals surface area contributed by atoms with Crippen molar-refractivity contribution in [1.29, 1.82) is 0 Å². The molecule has 9 rings (SSSR count). The van der Waals surface area contributed by atoms with Crippen LogP contribution in [0.1, 0.15) is 82.7 Å². The Morgan fingerprint density at radius 2 is 1.84 bits per heavy atom. The molecule has 2 fully saturated rings. The van der Waals surface area contributed by atoms with Gasteiger partial charge in [-0.2, -0.15) is 0 Å². The second kappa shape index (κ2) is 16.0. The molecule has 1 aromatic heterocycles. The van der Waals surface area contributed by atoms with Gasteiger partial charge in [-0.15, -0.1) is 0 Å². The number of amides is 2. The lowest BCUT2D eigenvalue weighted by Gasteiger charge is -2.64. The molecule has 4 N–H and O–H groups in total. The third-order valence-electron chi connectivity index (χ3n) is 15.9. The molecule has 3 aromatic rings. The van der Waals surface area contributed by atoms with Crippen molar-refractivity contribution in [3.63, 3.8) is 0 Å². The SMILES string of the molecule is CCC1=C[C@@H]2CN(CCc3c([nH]c4ccccc34)[C@@](C(=O)OC)(c3cc4c(cc3OC)N(C)[C@H]3[C@](O)(CNC(=O)NCC(C)C)[C@H](OC(C)=O)[C@]5(CC)C=CCN6CC[C@]43[C@@H]65)C2)C1. The molecule has 13 heteroatoms. The monoisotopic (exact) mass is 862 g/mol. The summed E-state index contributed by atoms with van der Waals surface area (Å²) in [6.07, 6.45) is 9.09. The van der Waals surface area contributed by atoms with Crippen LogP contribution >= 0.6 is 0 Å². The van der Waals surface area contributed by atoms with E-state index >= 15 is 4.79 Å². The summed E-state index contributed by atoms with van der Waals surface area (Å²) in [6.45, 7) is 14.1. The number of H-pyrrole nitrogens is 1. The lowest BCUT2D eigenvalue weighted by atomic mass is 9.47. The first-order valence-electron chi connectivity index (χ1n) is 23.1. The van der Waals surface area contributed by atoms with E-state index in [1.54, 1.807) is 7.11 Å². The molecule has 338 valence electrons. The zero-order chi connectivity index (χ0) is 44.6. The second-order valence-corrected chi connectivity index (χ2v) is 19.6. The number of benzene rings is 2. The third-order valence-corrected chi connectivity index (χ3v) is 15.9. The highest BCUT2D eigenvalue weighted by Gasteiger charge is 2.78. The first-order valence-corrected chi connectivity index (χ1v) is 23.1. The highest BCUT2D eigenvalue weighted by molar-refractivity contribution is 5.94. The van der Waals surface area contributed by atoms with Gasteiger partial charge in [0.05, 0.1) is 26.8 Å². The molecule has 6 aliphatic rings. The molecule has 1 saturated carbocycles. The van der Waals surface area contributed by atoms with Crippen LogP contribution in [0.4, 0.5) is 10.5 Å². The maximum Gasteiger partial charge on any atom is 0.322 e. The number of nitrogens with zero attached hydrogens (tertiary/aromatic N) is 3. The maximum atomic E-state index is 15.4. The summed E-state index contributed by atoms with van der Waals surface area (Å²) in [4.78, 5) is 53.1. The van der Waals surface area contributed by atoms with Gasteiger partial charge >= 0.3 is 18.0 Å². The normalized spacial score (nSPS) is 33.0. The van der Waals surface area contributed by atoms with Crippen LogP contribution in [0.3, 0.4) is 0 Å².